The van der Waals surface area contributed by atoms with Gasteiger partial charge in [0.2, 0.25) is 0 Å². The molecule has 82 valence electrons. The van der Waals surface area contributed by atoms with Crippen molar-refractivity contribution in [3.8, 4) is 0 Å². The predicted molar refractivity (Wildman–Crippen MR) is 65.1 cm³/mol. The molecule has 0 fully saturated rings. The molecule has 1 aromatic rings. The summed E-state index contributed by atoms with van der Waals surface area (Å²) in [4.78, 5) is 0. The Hall–Kier alpha value is -0.480. The van der Waals surface area contributed by atoms with Crippen molar-refractivity contribution in [3.63, 3.8) is 0 Å². The zero-order valence-corrected chi connectivity index (χ0v) is 10.0. The summed E-state index contributed by atoms with van der Waals surface area (Å²) in [7, 11) is 0. The smallest absolute Gasteiger partial charge is 0.172 e. The van der Waals surface area contributed by atoms with E-state index in [0.29, 0.717) is 11.5 Å². The van der Waals surface area contributed by atoms with Crippen molar-refractivity contribution in [3.05, 3.63) is 46.2 Å². The second kappa shape index (κ2) is 6.90. The maximum atomic E-state index is 12.4. The fourth-order valence-electron chi connectivity index (χ4n) is 1.00. The summed E-state index contributed by atoms with van der Waals surface area (Å²) in [5.74, 6) is 1.27. The number of halogens is 2. The molecule has 0 aromatic heterocycles. The summed E-state index contributed by atoms with van der Waals surface area (Å²) in [5, 5.41) is 0. The van der Waals surface area contributed by atoms with Gasteiger partial charge in [0.25, 0.3) is 6.08 Å². The van der Waals surface area contributed by atoms with Gasteiger partial charge in [-0.25, -0.2) is 0 Å². The number of hydrogen-bond acceptors (Lipinski definition) is 2. The van der Waals surface area contributed by atoms with Gasteiger partial charge in [0.1, 0.15) is 4.24 Å². The third kappa shape index (κ3) is 4.71. The molecule has 0 aliphatic carbocycles. The molecule has 0 N–H and O–H groups in total. The van der Waals surface area contributed by atoms with Crippen molar-refractivity contribution in [2.45, 2.75) is 12.7 Å². The molecule has 0 aliphatic heterocycles. The van der Waals surface area contributed by atoms with Gasteiger partial charge in [-0.1, -0.05) is 37.3 Å². The van der Waals surface area contributed by atoms with E-state index in [1.54, 1.807) is 0 Å². The SMILES string of the molecule is CCSC(SCc1ccccc1)=C(F)F. The van der Waals surface area contributed by atoms with Gasteiger partial charge >= 0.3 is 0 Å². The first-order valence-electron chi connectivity index (χ1n) is 4.58. The molecule has 0 bridgehead atoms. The van der Waals surface area contributed by atoms with Gasteiger partial charge in [-0.3, -0.25) is 0 Å². The van der Waals surface area contributed by atoms with Crippen LogP contribution < -0.4 is 0 Å². The molecule has 4 heteroatoms. The molecule has 0 unspecified atom stereocenters. The van der Waals surface area contributed by atoms with Crippen LogP contribution >= 0.6 is 23.5 Å². The monoisotopic (exact) mass is 246 g/mol. The van der Waals surface area contributed by atoms with E-state index in [1.165, 1.54) is 23.5 Å². The highest BCUT2D eigenvalue weighted by molar-refractivity contribution is 8.21. The minimum Gasteiger partial charge on any atom is -0.172 e. The van der Waals surface area contributed by atoms with Crippen LogP contribution in [-0.2, 0) is 5.75 Å². The lowest BCUT2D eigenvalue weighted by molar-refractivity contribution is 0.422. The number of rotatable bonds is 5. The average molecular weight is 246 g/mol. The third-order valence-electron chi connectivity index (χ3n) is 1.64. The van der Waals surface area contributed by atoms with E-state index < -0.39 is 6.08 Å². The van der Waals surface area contributed by atoms with Crippen molar-refractivity contribution >= 4 is 23.5 Å². The van der Waals surface area contributed by atoms with Crippen LogP contribution in [0.1, 0.15) is 12.5 Å². The Kier molecular flexibility index (Phi) is 5.79. The van der Waals surface area contributed by atoms with E-state index in [1.807, 2.05) is 37.3 Å². The van der Waals surface area contributed by atoms with Gasteiger partial charge in [0.05, 0.1) is 0 Å². The van der Waals surface area contributed by atoms with Crippen molar-refractivity contribution in [2.75, 3.05) is 5.75 Å². The molecular formula is C11H12F2S2. The summed E-state index contributed by atoms with van der Waals surface area (Å²) in [6, 6.07) is 9.63. The maximum absolute atomic E-state index is 12.4. The second-order valence-corrected chi connectivity index (χ2v) is 5.27. The van der Waals surface area contributed by atoms with E-state index in [0.717, 1.165) is 5.56 Å². The first kappa shape index (κ1) is 12.6. The number of thioether (sulfide) groups is 2. The highest BCUT2D eigenvalue weighted by atomic mass is 32.2. The van der Waals surface area contributed by atoms with Crippen LogP contribution in [0.3, 0.4) is 0 Å². The molecule has 0 spiro atoms. The minimum absolute atomic E-state index is 0.140. The Morgan fingerprint density at radius 3 is 2.33 bits per heavy atom. The molecule has 1 rings (SSSR count). The van der Waals surface area contributed by atoms with E-state index in [4.69, 9.17) is 0 Å². The predicted octanol–water partition coefficient (Wildman–Crippen LogP) is 4.74. The normalized spacial score (nSPS) is 10.1. The molecular weight excluding hydrogens is 234 g/mol. The molecule has 0 atom stereocenters. The minimum atomic E-state index is -1.57. The Labute approximate surface area is 97.1 Å². The molecule has 0 amide bonds. The van der Waals surface area contributed by atoms with E-state index in [9.17, 15) is 8.78 Å². The Morgan fingerprint density at radius 2 is 1.80 bits per heavy atom. The van der Waals surface area contributed by atoms with Crippen LogP contribution in [0.4, 0.5) is 8.78 Å². The van der Waals surface area contributed by atoms with Gasteiger partial charge in [-0.15, -0.1) is 23.5 Å². The summed E-state index contributed by atoms with van der Waals surface area (Å²) in [5.41, 5.74) is 1.07. The third-order valence-corrected chi connectivity index (χ3v) is 3.95. The summed E-state index contributed by atoms with van der Waals surface area (Å²) in [6.07, 6.45) is -1.57. The van der Waals surface area contributed by atoms with Crippen LogP contribution in [0.2, 0.25) is 0 Å². The Balaban J connectivity index is 2.52. The van der Waals surface area contributed by atoms with Crippen molar-refractivity contribution in [1.82, 2.24) is 0 Å². The quantitative estimate of drug-likeness (QED) is 0.736. The topological polar surface area (TPSA) is 0 Å². The maximum Gasteiger partial charge on any atom is 0.290 e. The molecule has 0 saturated heterocycles. The zero-order chi connectivity index (χ0) is 11.1. The van der Waals surface area contributed by atoms with Crippen LogP contribution in [-0.4, -0.2) is 5.75 Å². The molecule has 1 aromatic carbocycles. The first-order chi connectivity index (χ1) is 7.24. The lowest BCUT2D eigenvalue weighted by Gasteiger charge is -2.03. The fraction of sp³-hybridized carbons (Fsp3) is 0.273. The summed E-state index contributed by atoms with van der Waals surface area (Å²) < 4.78 is 25.0. The highest BCUT2D eigenvalue weighted by Crippen LogP contribution is 2.34. The Bertz CT molecular complexity index is 319. The van der Waals surface area contributed by atoms with Crippen LogP contribution in [0.15, 0.2) is 40.6 Å². The lowest BCUT2D eigenvalue weighted by atomic mass is 10.2. The molecule has 0 nitrogen and oxygen atoms in total. The van der Waals surface area contributed by atoms with Gasteiger partial charge in [0.15, 0.2) is 0 Å². The molecule has 0 heterocycles. The summed E-state index contributed by atoms with van der Waals surface area (Å²) in [6.45, 7) is 1.87. The molecule has 15 heavy (non-hydrogen) atoms. The van der Waals surface area contributed by atoms with Crippen molar-refractivity contribution in [2.24, 2.45) is 0 Å². The Morgan fingerprint density at radius 1 is 1.13 bits per heavy atom. The number of benzene rings is 1. The zero-order valence-electron chi connectivity index (χ0n) is 8.37. The van der Waals surface area contributed by atoms with E-state index >= 15 is 0 Å². The van der Waals surface area contributed by atoms with Crippen molar-refractivity contribution < 1.29 is 8.78 Å². The van der Waals surface area contributed by atoms with E-state index in [2.05, 4.69) is 0 Å². The van der Waals surface area contributed by atoms with Gasteiger partial charge in [-0.05, 0) is 11.3 Å². The highest BCUT2D eigenvalue weighted by Gasteiger charge is 2.06. The van der Waals surface area contributed by atoms with E-state index in [-0.39, 0.29) is 4.24 Å². The van der Waals surface area contributed by atoms with Crippen LogP contribution in [0, 0.1) is 0 Å². The molecule has 0 radical (unpaired) electrons. The van der Waals surface area contributed by atoms with Crippen LogP contribution in [0.25, 0.3) is 0 Å². The molecule has 0 saturated carbocycles. The largest absolute Gasteiger partial charge is 0.290 e. The average Bonchev–Trinajstić information content (AvgIpc) is 2.25. The number of hydrogen-bond donors (Lipinski definition) is 0. The summed E-state index contributed by atoms with van der Waals surface area (Å²) >= 11 is 2.40. The van der Waals surface area contributed by atoms with Crippen LogP contribution in [0.5, 0.6) is 0 Å². The second-order valence-electron chi connectivity index (χ2n) is 2.76. The fourth-order valence-corrected chi connectivity index (χ4v) is 2.84. The van der Waals surface area contributed by atoms with Gasteiger partial charge < -0.3 is 0 Å². The van der Waals surface area contributed by atoms with Gasteiger partial charge in [-0.2, -0.15) is 8.78 Å². The first-order valence-corrected chi connectivity index (χ1v) is 6.56. The lowest BCUT2D eigenvalue weighted by Crippen LogP contribution is -1.81. The van der Waals surface area contributed by atoms with Crippen molar-refractivity contribution in [1.29, 1.82) is 0 Å². The molecule has 0 aliphatic rings. The standard InChI is InChI=1S/C11H12F2S2/c1-2-14-11(10(12)13)15-8-9-6-4-3-5-7-9/h3-7H,2,8H2,1H3. The van der Waals surface area contributed by atoms with Gasteiger partial charge in [0, 0.05) is 5.75 Å².